The summed E-state index contributed by atoms with van der Waals surface area (Å²) >= 11 is 9.49. The minimum absolute atomic E-state index is 0. The zero-order valence-corrected chi connectivity index (χ0v) is 36.2. The SMILES string of the molecule is CCCCCCCCCCCCCCCCCOC(=O)CC[S-].CCCCCCCCCCCCCCCCCOC(=O)CC[S-].[Zn+2]. The maximum Gasteiger partial charge on any atom is 2.00 e. The second-order valence-corrected chi connectivity index (χ2v) is 14.1. The number of hydrogen-bond donors (Lipinski definition) is 0. The van der Waals surface area contributed by atoms with Gasteiger partial charge in [-0.1, -0.05) is 194 Å². The van der Waals surface area contributed by atoms with Crippen LogP contribution in [0.4, 0.5) is 0 Å². The molecular formula is C40H78O4S2Zn. The van der Waals surface area contributed by atoms with Gasteiger partial charge in [-0.15, -0.1) is 0 Å². The first kappa shape index (κ1) is 51.6. The predicted molar refractivity (Wildman–Crippen MR) is 205 cm³/mol. The molecule has 0 aromatic carbocycles. The standard InChI is InChI=1S/2C20H40O2S.Zn/c2*1-2-3-4-5-6-7-8-9-10-11-12-13-14-15-16-18-22-20(21)17-19-23;/h2*23H,2-19H2,1H3;/q;;+2/p-2. The number of ether oxygens (including phenoxy) is 2. The predicted octanol–water partition coefficient (Wildman–Crippen LogP) is 12.7. The number of carbonyl (C=O) groups excluding carboxylic acids is 2. The van der Waals surface area contributed by atoms with E-state index >= 15 is 0 Å². The number of esters is 2. The summed E-state index contributed by atoms with van der Waals surface area (Å²) in [4.78, 5) is 22.2. The van der Waals surface area contributed by atoms with E-state index in [0.29, 0.717) is 37.6 Å². The Morgan fingerprint density at radius 3 is 0.745 bits per heavy atom. The van der Waals surface area contributed by atoms with Crippen LogP contribution in [0.5, 0.6) is 0 Å². The molecule has 47 heavy (non-hydrogen) atoms. The van der Waals surface area contributed by atoms with Crippen molar-refractivity contribution in [3.63, 3.8) is 0 Å². The van der Waals surface area contributed by atoms with Crippen molar-refractivity contribution in [1.82, 2.24) is 0 Å². The van der Waals surface area contributed by atoms with Crippen LogP contribution >= 0.6 is 0 Å². The molecule has 0 radical (unpaired) electrons. The quantitative estimate of drug-likeness (QED) is 0.0275. The van der Waals surface area contributed by atoms with Crippen molar-refractivity contribution in [2.45, 2.75) is 219 Å². The zero-order valence-electron chi connectivity index (χ0n) is 31.6. The van der Waals surface area contributed by atoms with E-state index in [0.717, 1.165) is 12.8 Å². The normalized spacial score (nSPS) is 10.6. The Morgan fingerprint density at radius 1 is 0.362 bits per heavy atom. The average molecular weight is 753 g/mol. The Balaban J connectivity index is -0.000000807. The monoisotopic (exact) mass is 750 g/mol. The van der Waals surface area contributed by atoms with E-state index in [-0.39, 0.29) is 31.4 Å². The Hall–Kier alpha value is 0.263. The number of hydrogen-bond acceptors (Lipinski definition) is 6. The maximum atomic E-state index is 11.1. The van der Waals surface area contributed by atoms with Crippen molar-refractivity contribution in [3.05, 3.63) is 0 Å². The fraction of sp³-hybridized carbons (Fsp3) is 0.950. The smallest absolute Gasteiger partial charge is 0.792 e. The third-order valence-electron chi connectivity index (χ3n) is 8.63. The molecule has 0 saturated heterocycles. The van der Waals surface area contributed by atoms with E-state index in [2.05, 4.69) is 13.8 Å². The van der Waals surface area contributed by atoms with Crippen molar-refractivity contribution < 1.29 is 38.5 Å². The Morgan fingerprint density at radius 2 is 0.553 bits per heavy atom. The van der Waals surface area contributed by atoms with E-state index in [1.807, 2.05) is 0 Å². The van der Waals surface area contributed by atoms with Gasteiger partial charge in [0.05, 0.1) is 13.2 Å². The summed E-state index contributed by atoms with van der Waals surface area (Å²) in [6.07, 6.45) is 41.4. The molecule has 0 rings (SSSR count). The van der Waals surface area contributed by atoms with E-state index in [9.17, 15) is 9.59 Å². The molecule has 0 aliphatic carbocycles. The van der Waals surface area contributed by atoms with Crippen molar-refractivity contribution in [2.75, 3.05) is 24.7 Å². The first-order chi connectivity index (χ1) is 22.6. The van der Waals surface area contributed by atoms with Gasteiger partial charge in [-0.05, 0) is 12.8 Å². The minimum atomic E-state index is -0.134. The molecule has 7 heteroatoms. The summed E-state index contributed by atoms with van der Waals surface area (Å²) in [5, 5.41) is 0. The van der Waals surface area contributed by atoms with Gasteiger partial charge in [0.25, 0.3) is 0 Å². The fourth-order valence-corrected chi connectivity index (χ4v) is 5.96. The Bertz CT molecular complexity index is 545. The van der Waals surface area contributed by atoms with Crippen LogP contribution in [0, 0.1) is 0 Å². The van der Waals surface area contributed by atoms with Gasteiger partial charge in [-0.25, -0.2) is 0 Å². The topological polar surface area (TPSA) is 52.6 Å². The van der Waals surface area contributed by atoms with Gasteiger partial charge in [0.2, 0.25) is 0 Å². The molecular weight excluding hydrogens is 674 g/mol. The molecule has 0 spiro atoms. The summed E-state index contributed by atoms with van der Waals surface area (Å²) < 4.78 is 10.2. The van der Waals surface area contributed by atoms with Crippen LogP contribution in [-0.4, -0.2) is 36.7 Å². The summed E-state index contributed by atoms with van der Waals surface area (Å²) in [7, 11) is 0. The summed E-state index contributed by atoms with van der Waals surface area (Å²) in [6, 6.07) is 0. The third-order valence-corrected chi connectivity index (χ3v) is 9.04. The minimum Gasteiger partial charge on any atom is -0.792 e. The van der Waals surface area contributed by atoms with Crippen LogP contribution < -0.4 is 0 Å². The van der Waals surface area contributed by atoms with Gasteiger partial charge >= 0.3 is 31.4 Å². The molecule has 0 atom stereocenters. The van der Waals surface area contributed by atoms with Gasteiger partial charge in [-0.3, -0.25) is 9.59 Å². The Labute approximate surface area is 318 Å². The molecule has 0 heterocycles. The van der Waals surface area contributed by atoms with Crippen LogP contribution in [0.1, 0.15) is 219 Å². The molecule has 0 N–H and O–H groups in total. The molecule has 0 unspecified atom stereocenters. The second kappa shape index (κ2) is 48.4. The third kappa shape index (κ3) is 50.7. The fourth-order valence-electron chi connectivity index (χ4n) is 5.63. The molecule has 0 aliphatic heterocycles. The van der Waals surface area contributed by atoms with Crippen molar-refractivity contribution in [2.24, 2.45) is 0 Å². The van der Waals surface area contributed by atoms with Crippen molar-refractivity contribution in [1.29, 1.82) is 0 Å². The van der Waals surface area contributed by atoms with Crippen LogP contribution in [-0.2, 0) is 63.8 Å². The molecule has 0 saturated carbocycles. The molecule has 0 fully saturated rings. The van der Waals surface area contributed by atoms with E-state index in [4.69, 9.17) is 34.7 Å². The van der Waals surface area contributed by atoms with Gasteiger partial charge < -0.3 is 34.7 Å². The summed E-state index contributed by atoms with van der Waals surface area (Å²) in [6.45, 7) is 5.70. The Kier molecular flexibility index (Phi) is 53.1. The van der Waals surface area contributed by atoms with Gasteiger partial charge in [0.15, 0.2) is 0 Å². The van der Waals surface area contributed by atoms with E-state index in [1.165, 1.54) is 180 Å². The molecule has 0 aliphatic rings. The molecule has 0 aromatic rings. The van der Waals surface area contributed by atoms with Crippen LogP contribution in [0.3, 0.4) is 0 Å². The number of rotatable bonds is 36. The van der Waals surface area contributed by atoms with Crippen molar-refractivity contribution in [3.8, 4) is 0 Å². The largest absolute Gasteiger partial charge is 2.00 e. The average Bonchev–Trinajstić information content (AvgIpc) is 3.05. The van der Waals surface area contributed by atoms with Gasteiger partial charge in [0, 0.05) is 12.8 Å². The van der Waals surface area contributed by atoms with Crippen LogP contribution in [0.15, 0.2) is 0 Å². The number of unbranched alkanes of at least 4 members (excludes halogenated alkanes) is 28. The van der Waals surface area contributed by atoms with Gasteiger partial charge in [-0.2, -0.15) is 11.5 Å². The summed E-state index contributed by atoms with van der Waals surface area (Å²) in [5.74, 6) is 0.672. The van der Waals surface area contributed by atoms with E-state index < -0.39 is 0 Å². The molecule has 0 aromatic heterocycles. The molecule has 4 nitrogen and oxygen atoms in total. The van der Waals surface area contributed by atoms with Crippen LogP contribution in [0.2, 0.25) is 0 Å². The zero-order chi connectivity index (χ0) is 34.0. The van der Waals surface area contributed by atoms with E-state index in [1.54, 1.807) is 0 Å². The first-order valence-corrected chi connectivity index (χ1v) is 21.2. The van der Waals surface area contributed by atoms with Crippen molar-refractivity contribution >= 4 is 37.2 Å². The molecule has 0 amide bonds. The second-order valence-electron chi connectivity index (χ2n) is 13.2. The summed E-state index contributed by atoms with van der Waals surface area (Å²) in [5.41, 5.74) is 0. The molecule has 0 bridgehead atoms. The maximum absolute atomic E-state index is 11.1. The van der Waals surface area contributed by atoms with Crippen LogP contribution in [0.25, 0.3) is 0 Å². The molecule has 276 valence electrons. The first-order valence-electron chi connectivity index (χ1n) is 20.1. The van der Waals surface area contributed by atoms with Gasteiger partial charge in [0.1, 0.15) is 0 Å². The number of carbonyl (C=O) groups is 2.